The largest absolute Gasteiger partial charge is 0.197 e. The lowest BCUT2D eigenvalue weighted by molar-refractivity contribution is 0.0148. The van der Waals surface area contributed by atoms with Crippen molar-refractivity contribution < 1.29 is 0 Å². The Kier molecular flexibility index (Phi) is 2.16. The van der Waals surface area contributed by atoms with Crippen LogP contribution in [0, 0.1) is 16.7 Å². The monoisotopic (exact) mass is 209 g/mol. The summed E-state index contributed by atoms with van der Waals surface area (Å²) in [4.78, 5) is 0. The van der Waals surface area contributed by atoms with Gasteiger partial charge in [0.1, 0.15) is 4.75 Å². The minimum atomic E-state index is -0.0430. The molecule has 2 heteroatoms. The van der Waals surface area contributed by atoms with Crippen molar-refractivity contribution in [1.82, 2.24) is 0 Å². The van der Waals surface area contributed by atoms with Crippen molar-refractivity contribution in [1.29, 1.82) is 5.26 Å². The first-order valence-electron chi connectivity index (χ1n) is 5.50. The second kappa shape index (κ2) is 2.92. The lowest BCUT2D eigenvalue weighted by Gasteiger charge is -2.59. The molecular weight excluding hydrogens is 190 g/mol. The molecule has 0 aliphatic heterocycles. The lowest BCUT2D eigenvalue weighted by atomic mass is 9.52. The van der Waals surface area contributed by atoms with E-state index in [1.54, 1.807) is 0 Å². The normalized spacial score (nSPS) is 27.6. The number of hydrogen-bond acceptors (Lipinski definition) is 2. The van der Waals surface area contributed by atoms with E-state index in [1.807, 2.05) is 11.8 Å². The van der Waals surface area contributed by atoms with E-state index < -0.39 is 0 Å². The fraction of sp³-hybridized carbons (Fsp3) is 0.917. The Morgan fingerprint density at radius 3 is 2.07 bits per heavy atom. The molecule has 2 saturated carbocycles. The van der Waals surface area contributed by atoms with Crippen molar-refractivity contribution in [3.63, 3.8) is 0 Å². The molecule has 14 heavy (non-hydrogen) atoms. The summed E-state index contributed by atoms with van der Waals surface area (Å²) >= 11 is 1.88. The van der Waals surface area contributed by atoms with Gasteiger partial charge in [-0.05, 0) is 31.1 Å². The third-order valence-corrected chi connectivity index (χ3v) is 4.82. The van der Waals surface area contributed by atoms with Crippen LogP contribution in [0.25, 0.3) is 0 Å². The third kappa shape index (κ3) is 1.67. The fourth-order valence-corrected chi connectivity index (χ4v) is 4.92. The molecule has 1 nitrogen and oxygen atoms in total. The van der Waals surface area contributed by atoms with Crippen LogP contribution in [0.15, 0.2) is 0 Å². The quantitative estimate of drug-likeness (QED) is 0.657. The van der Waals surface area contributed by atoms with Gasteiger partial charge in [0.15, 0.2) is 0 Å². The molecule has 0 amide bonds. The molecule has 78 valence electrons. The predicted octanol–water partition coefficient (Wildman–Crippen LogP) is 3.74. The second-order valence-corrected chi connectivity index (χ2v) is 8.24. The molecule has 2 aliphatic rings. The lowest BCUT2D eigenvalue weighted by Crippen LogP contribution is -2.53. The molecule has 2 aliphatic carbocycles. The average molecular weight is 209 g/mol. The maximum atomic E-state index is 9.28. The van der Waals surface area contributed by atoms with Crippen LogP contribution in [0.3, 0.4) is 0 Å². The van der Waals surface area contributed by atoms with Crippen LogP contribution < -0.4 is 0 Å². The zero-order valence-electron chi connectivity index (χ0n) is 9.39. The number of thioether (sulfide) groups is 1. The summed E-state index contributed by atoms with van der Waals surface area (Å²) in [5.74, 6) is 0. The average Bonchev–Trinajstić information content (AvgIpc) is 1.90. The maximum absolute atomic E-state index is 9.28. The molecule has 0 heterocycles. The molecule has 2 fully saturated rings. The Morgan fingerprint density at radius 1 is 1.21 bits per heavy atom. The summed E-state index contributed by atoms with van der Waals surface area (Å²) in [7, 11) is 0. The summed E-state index contributed by atoms with van der Waals surface area (Å²) in [6.07, 6.45) is 6.45. The Balaban J connectivity index is 1.99. The molecule has 0 N–H and O–H groups in total. The maximum Gasteiger partial charge on any atom is 0.104 e. The molecule has 0 saturated heterocycles. The van der Waals surface area contributed by atoms with Gasteiger partial charge in [0.2, 0.25) is 0 Å². The molecule has 0 aromatic carbocycles. The summed E-state index contributed by atoms with van der Waals surface area (Å²) in [5, 5.41) is 9.28. The standard InChI is InChI=1S/C12H19NS/c1-10(2,3)14-12(9-13)7-11(8-12)5-4-6-11/h4-8H2,1-3H3. The Morgan fingerprint density at radius 2 is 1.79 bits per heavy atom. The van der Waals surface area contributed by atoms with Gasteiger partial charge < -0.3 is 0 Å². The molecule has 0 aromatic heterocycles. The minimum absolute atomic E-state index is 0.0430. The van der Waals surface area contributed by atoms with Crippen molar-refractivity contribution in [3.05, 3.63) is 0 Å². The van der Waals surface area contributed by atoms with E-state index in [1.165, 1.54) is 19.3 Å². The topological polar surface area (TPSA) is 23.8 Å². The highest BCUT2D eigenvalue weighted by atomic mass is 32.2. The van der Waals surface area contributed by atoms with E-state index in [0.29, 0.717) is 5.41 Å². The van der Waals surface area contributed by atoms with Crippen LogP contribution in [-0.2, 0) is 0 Å². The van der Waals surface area contributed by atoms with E-state index in [2.05, 4.69) is 26.8 Å². The smallest absolute Gasteiger partial charge is 0.104 e. The van der Waals surface area contributed by atoms with E-state index in [-0.39, 0.29) is 9.49 Å². The van der Waals surface area contributed by atoms with Crippen LogP contribution in [0.4, 0.5) is 0 Å². The third-order valence-electron chi connectivity index (χ3n) is 3.44. The van der Waals surface area contributed by atoms with Gasteiger partial charge in [-0.2, -0.15) is 5.26 Å². The summed E-state index contributed by atoms with van der Waals surface area (Å²) in [6.45, 7) is 6.63. The Labute approximate surface area is 91.3 Å². The first kappa shape index (κ1) is 10.4. The summed E-state index contributed by atoms with van der Waals surface area (Å²) in [5.41, 5.74) is 0.605. The van der Waals surface area contributed by atoms with Crippen LogP contribution in [0.1, 0.15) is 52.9 Å². The van der Waals surface area contributed by atoms with Crippen LogP contribution >= 0.6 is 11.8 Å². The van der Waals surface area contributed by atoms with Gasteiger partial charge in [-0.25, -0.2) is 0 Å². The van der Waals surface area contributed by atoms with Gasteiger partial charge in [0.05, 0.1) is 6.07 Å². The molecule has 1 spiro atoms. The van der Waals surface area contributed by atoms with Crippen molar-refractivity contribution >= 4 is 11.8 Å². The van der Waals surface area contributed by atoms with Crippen molar-refractivity contribution in [2.45, 2.75) is 62.4 Å². The van der Waals surface area contributed by atoms with E-state index in [0.717, 1.165) is 12.8 Å². The fourth-order valence-electron chi connectivity index (χ4n) is 2.95. The van der Waals surface area contributed by atoms with Crippen molar-refractivity contribution in [3.8, 4) is 6.07 Å². The van der Waals surface area contributed by atoms with Crippen molar-refractivity contribution in [2.75, 3.05) is 0 Å². The van der Waals surface area contributed by atoms with Gasteiger partial charge in [-0.1, -0.05) is 27.2 Å². The molecule has 0 aromatic rings. The SMILES string of the molecule is CC(C)(C)SC1(C#N)CC2(CCC2)C1. The highest BCUT2D eigenvalue weighted by molar-refractivity contribution is 8.02. The van der Waals surface area contributed by atoms with E-state index in [9.17, 15) is 5.26 Å². The molecule has 2 rings (SSSR count). The second-order valence-electron chi connectivity index (χ2n) is 6.03. The number of rotatable bonds is 1. The zero-order chi connectivity index (χ0) is 10.4. The van der Waals surface area contributed by atoms with Crippen LogP contribution in [0.2, 0.25) is 0 Å². The Bertz CT molecular complexity index is 270. The zero-order valence-corrected chi connectivity index (χ0v) is 10.2. The highest BCUT2D eigenvalue weighted by Crippen LogP contribution is 2.66. The van der Waals surface area contributed by atoms with Gasteiger partial charge in [-0.15, -0.1) is 11.8 Å². The number of nitrogens with zero attached hydrogens (tertiary/aromatic N) is 1. The molecular formula is C12H19NS. The van der Waals surface area contributed by atoms with Crippen LogP contribution in [0.5, 0.6) is 0 Å². The first-order chi connectivity index (χ1) is 6.39. The molecule has 0 radical (unpaired) electrons. The highest BCUT2D eigenvalue weighted by Gasteiger charge is 2.58. The van der Waals surface area contributed by atoms with Gasteiger partial charge in [0, 0.05) is 4.75 Å². The van der Waals surface area contributed by atoms with Gasteiger partial charge in [-0.3, -0.25) is 0 Å². The molecule has 0 atom stereocenters. The molecule has 0 unspecified atom stereocenters. The van der Waals surface area contributed by atoms with Gasteiger partial charge in [0.25, 0.3) is 0 Å². The molecule has 0 bridgehead atoms. The predicted molar refractivity (Wildman–Crippen MR) is 61.2 cm³/mol. The van der Waals surface area contributed by atoms with Crippen LogP contribution in [-0.4, -0.2) is 9.49 Å². The van der Waals surface area contributed by atoms with Crippen molar-refractivity contribution in [2.24, 2.45) is 5.41 Å². The summed E-state index contributed by atoms with van der Waals surface area (Å²) in [6, 6.07) is 2.56. The summed E-state index contributed by atoms with van der Waals surface area (Å²) < 4.78 is 0.180. The first-order valence-corrected chi connectivity index (χ1v) is 6.32. The van der Waals surface area contributed by atoms with E-state index in [4.69, 9.17) is 0 Å². The van der Waals surface area contributed by atoms with Gasteiger partial charge >= 0.3 is 0 Å². The minimum Gasteiger partial charge on any atom is -0.197 e. The number of nitriles is 1. The Hall–Kier alpha value is -0.160. The van der Waals surface area contributed by atoms with E-state index >= 15 is 0 Å². The number of hydrogen-bond donors (Lipinski definition) is 0.